The first-order chi connectivity index (χ1) is 14.7. The van der Waals surface area contributed by atoms with Gasteiger partial charge in [0.05, 0.1) is 18.5 Å². The van der Waals surface area contributed by atoms with Gasteiger partial charge in [-0.25, -0.2) is 15.0 Å². The number of nitrogens with one attached hydrogen (secondary N) is 1. The molecule has 154 valence electrons. The van der Waals surface area contributed by atoms with Gasteiger partial charge < -0.3 is 25.2 Å². The van der Waals surface area contributed by atoms with E-state index in [-0.39, 0.29) is 12.5 Å². The minimum absolute atomic E-state index is 0.172. The van der Waals surface area contributed by atoms with Gasteiger partial charge in [-0.15, -0.1) is 0 Å². The number of imidazole rings is 1. The van der Waals surface area contributed by atoms with Gasteiger partial charge in [-0.2, -0.15) is 0 Å². The van der Waals surface area contributed by atoms with Crippen molar-refractivity contribution in [1.82, 2.24) is 19.5 Å². The summed E-state index contributed by atoms with van der Waals surface area (Å²) in [5.41, 5.74) is 2.34. The van der Waals surface area contributed by atoms with Gasteiger partial charge >= 0.3 is 0 Å². The summed E-state index contributed by atoms with van der Waals surface area (Å²) < 4.78 is 1.77. The number of anilines is 1. The summed E-state index contributed by atoms with van der Waals surface area (Å²) in [6.07, 6.45) is 1.58. The van der Waals surface area contributed by atoms with Crippen molar-refractivity contribution in [3.05, 3.63) is 60.7 Å². The number of fused-ring (bicyclic) bond motifs is 2. The smallest absolute Gasteiger partial charge is 0.165 e. The maximum atomic E-state index is 10.4. The maximum Gasteiger partial charge on any atom is 0.165 e. The molecule has 2 aromatic heterocycles. The van der Waals surface area contributed by atoms with Crippen LogP contribution in [-0.2, 0) is 6.54 Å². The third-order valence-corrected chi connectivity index (χ3v) is 6.05. The molecular weight excluding hydrogens is 382 g/mol. The fraction of sp³-hybridized carbons (Fsp3) is 0.318. The monoisotopic (exact) mass is 405 g/mol. The molecule has 2 aromatic carbocycles. The van der Waals surface area contributed by atoms with Gasteiger partial charge in [0.1, 0.15) is 17.9 Å². The second-order valence-electron chi connectivity index (χ2n) is 7.77. The first-order valence-corrected chi connectivity index (χ1v) is 10.0. The minimum atomic E-state index is -0.985. The molecule has 8 nitrogen and oxygen atoms in total. The van der Waals surface area contributed by atoms with E-state index in [1.165, 1.54) is 17.1 Å². The second kappa shape index (κ2) is 7.64. The van der Waals surface area contributed by atoms with Gasteiger partial charge in [-0.05, 0) is 22.8 Å². The fourth-order valence-electron chi connectivity index (χ4n) is 4.41. The summed E-state index contributed by atoms with van der Waals surface area (Å²) in [5, 5.41) is 35.8. The van der Waals surface area contributed by atoms with E-state index in [2.05, 4.69) is 44.5 Å². The summed E-state index contributed by atoms with van der Waals surface area (Å²) in [6, 6.07) is 14.0. The van der Waals surface area contributed by atoms with E-state index in [1.54, 1.807) is 10.9 Å². The number of hydrogen-bond donors (Lipinski definition) is 4. The van der Waals surface area contributed by atoms with Crippen molar-refractivity contribution in [1.29, 1.82) is 0 Å². The minimum Gasteiger partial charge on any atom is -0.396 e. The molecule has 5 rings (SSSR count). The van der Waals surface area contributed by atoms with E-state index in [0.717, 1.165) is 5.56 Å². The average molecular weight is 405 g/mol. The van der Waals surface area contributed by atoms with E-state index in [1.807, 2.05) is 18.2 Å². The Kier molecular flexibility index (Phi) is 4.82. The molecule has 0 spiro atoms. The average Bonchev–Trinajstić information content (AvgIpc) is 3.33. The molecule has 1 aliphatic rings. The standard InChI is InChI=1S/C22H23N5O3/c28-10-15-8-17(20(30)19(15)29)27-12-26-18-21(24-11-25-22(18)27)23-9-14-6-3-5-13-4-1-2-7-16(13)14/h1-7,11-12,15,17,19-20,28-30H,8-10H2,(H,23,24,25)/t15-,17-,19-,20+/m1/s1. The van der Waals surface area contributed by atoms with Crippen LogP contribution in [0.4, 0.5) is 5.82 Å². The van der Waals surface area contributed by atoms with E-state index in [4.69, 9.17) is 0 Å². The third kappa shape index (κ3) is 3.09. The zero-order valence-electron chi connectivity index (χ0n) is 16.3. The van der Waals surface area contributed by atoms with Crippen LogP contribution in [-0.4, -0.2) is 53.7 Å². The molecule has 4 N–H and O–H groups in total. The largest absolute Gasteiger partial charge is 0.396 e. The molecule has 1 saturated carbocycles. The van der Waals surface area contributed by atoms with Gasteiger partial charge in [0.15, 0.2) is 11.5 Å². The number of aliphatic hydroxyl groups excluding tert-OH is 3. The number of aromatic nitrogens is 4. The number of rotatable bonds is 5. The van der Waals surface area contributed by atoms with Crippen LogP contribution in [0.2, 0.25) is 0 Å². The van der Waals surface area contributed by atoms with Crippen LogP contribution in [0.3, 0.4) is 0 Å². The first-order valence-electron chi connectivity index (χ1n) is 10.0. The van der Waals surface area contributed by atoms with Crippen LogP contribution in [0.25, 0.3) is 21.9 Å². The van der Waals surface area contributed by atoms with Crippen LogP contribution in [0.1, 0.15) is 18.0 Å². The molecule has 0 amide bonds. The topological polar surface area (TPSA) is 116 Å². The summed E-state index contributed by atoms with van der Waals surface area (Å²) >= 11 is 0. The highest BCUT2D eigenvalue weighted by atomic mass is 16.3. The fourth-order valence-corrected chi connectivity index (χ4v) is 4.41. The van der Waals surface area contributed by atoms with Crippen LogP contribution in [0, 0.1) is 5.92 Å². The first kappa shape index (κ1) is 18.9. The number of aliphatic hydroxyl groups is 3. The molecule has 2 heterocycles. The van der Waals surface area contributed by atoms with Crippen molar-refractivity contribution in [2.24, 2.45) is 5.92 Å². The Bertz CT molecular complexity index is 1190. The molecule has 30 heavy (non-hydrogen) atoms. The molecule has 0 saturated heterocycles. The Morgan fingerprint density at radius 3 is 2.67 bits per heavy atom. The Labute approximate surface area is 172 Å². The van der Waals surface area contributed by atoms with Gasteiger partial charge in [0, 0.05) is 19.1 Å². The number of benzene rings is 2. The molecule has 1 aliphatic carbocycles. The Morgan fingerprint density at radius 1 is 1.00 bits per heavy atom. The molecule has 1 fully saturated rings. The Morgan fingerprint density at radius 2 is 1.83 bits per heavy atom. The quantitative estimate of drug-likeness (QED) is 0.400. The number of nitrogens with zero attached hydrogens (tertiary/aromatic N) is 4. The zero-order chi connectivity index (χ0) is 20.7. The van der Waals surface area contributed by atoms with Gasteiger partial charge in [-0.1, -0.05) is 42.5 Å². The molecule has 0 radical (unpaired) electrons. The summed E-state index contributed by atoms with van der Waals surface area (Å²) in [6.45, 7) is 0.409. The predicted octanol–water partition coefficient (Wildman–Crippen LogP) is 1.87. The normalized spacial score (nSPS) is 24.0. The zero-order valence-corrected chi connectivity index (χ0v) is 16.3. The van der Waals surface area contributed by atoms with Crippen molar-refractivity contribution in [3.8, 4) is 0 Å². The van der Waals surface area contributed by atoms with Crippen molar-refractivity contribution in [3.63, 3.8) is 0 Å². The van der Waals surface area contributed by atoms with Gasteiger partial charge in [0.25, 0.3) is 0 Å². The lowest BCUT2D eigenvalue weighted by molar-refractivity contribution is -0.00370. The molecular formula is C22H23N5O3. The van der Waals surface area contributed by atoms with Crippen LogP contribution < -0.4 is 5.32 Å². The van der Waals surface area contributed by atoms with E-state index < -0.39 is 18.2 Å². The van der Waals surface area contributed by atoms with E-state index in [9.17, 15) is 15.3 Å². The van der Waals surface area contributed by atoms with Crippen molar-refractivity contribution >= 4 is 27.8 Å². The van der Waals surface area contributed by atoms with Crippen LogP contribution in [0.5, 0.6) is 0 Å². The van der Waals surface area contributed by atoms with Crippen molar-refractivity contribution in [2.75, 3.05) is 11.9 Å². The highest BCUT2D eigenvalue weighted by molar-refractivity contribution is 5.86. The van der Waals surface area contributed by atoms with Crippen LogP contribution in [0.15, 0.2) is 55.1 Å². The summed E-state index contributed by atoms with van der Waals surface area (Å²) in [4.78, 5) is 13.2. The maximum absolute atomic E-state index is 10.4. The van der Waals surface area contributed by atoms with Crippen molar-refractivity contribution < 1.29 is 15.3 Å². The SMILES string of the molecule is OC[C@H]1C[C@@H](n2cnc3c(NCc4cccc5ccccc45)ncnc32)[C@H](O)[C@@H]1O. The highest BCUT2D eigenvalue weighted by Crippen LogP contribution is 2.37. The molecule has 8 heteroatoms. The van der Waals surface area contributed by atoms with Gasteiger partial charge in [-0.3, -0.25) is 0 Å². The predicted molar refractivity (Wildman–Crippen MR) is 113 cm³/mol. The second-order valence-corrected chi connectivity index (χ2v) is 7.77. The molecule has 4 atom stereocenters. The van der Waals surface area contributed by atoms with E-state index >= 15 is 0 Å². The van der Waals surface area contributed by atoms with Crippen LogP contribution >= 0.6 is 0 Å². The Hall–Kier alpha value is -3.07. The van der Waals surface area contributed by atoms with E-state index in [0.29, 0.717) is 29.9 Å². The summed E-state index contributed by atoms with van der Waals surface area (Å²) in [5.74, 6) is 0.242. The third-order valence-electron chi connectivity index (χ3n) is 6.05. The Balaban J connectivity index is 1.44. The molecule has 4 aromatic rings. The summed E-state index contributed by atoms with van der Waals surface area (Å²) in [7, 11) is 0. The molecule has 0 unspecified atom stereocenters. The van der Waals surface area contributed by atoms with Gasteiger partial charge in [0.2, 0.25) is 0 Å². The molecule has 0 bridgehead atoms. The lowest BCUT2D eigenvalue weighted by Gasteiger charge is -2.18. The lowest BCUT2D eigenvalue weighted by Crippen LogP contribution is -2.30. The molecule has 0 aliphatic heterocycles. The van der Waals surface area contributed by atoms with Crippen molar-refractivity contribution in [2.45, 2.75) is 31.2 Å². The highest BCUT2D eigenvalue weighted by Gasteiger charge is 2.42. The lowest BCUT2D eigenvalue weighted by atomic mass is 10.0. The number of hydrogen-bond acceptors (Lipinski definition) is 7.